The molecular weight excluding hydrogens is 401 g/mol. The molecule has 0 aliphatic heterocycles. The summed E-state index contributed by atoms with van der Waals surface area (Å²) in [6.07, 6.45) is 0. The third-order valence-electron chi connectivity index (χ3n) is 4.87. The van der Waals surface area contributed by atoms with Crippen LogP contribution in [0.4, 0.5) is 15.8 Å². The van der Waals surface area contributed by atoms with E-state index in [1.807, 2.05) is 0 Å². The van der Waals surface area contributed by atoms with E-state index in [1.165, 1.54) is 43.3 Å². The van der Waals surface area contributed by atoms with Crippen LogP contribution in [0.25, 0.3) is 0 Å². The van der Waals surface area contributed by atoms with Crippen molar-refractivity contribution in [2.45, 2.75) is 19.9 Å². The number of halogens is 1. The Labute approximate surface area is 178 Å². The fourth-order valence-corrected chi connectivity index (χ4v) is 3.08. The molecule has 0 bridgehead atoms. The molecule has 0 aromatic heterocycles. The van der Waals surface area contributed by atoms with Crippen molar-refractivity contribution in [1.29, 1.82) is 0 Å². The van der Waals surface area contributed by atoms with Gasteiger partial charge in [-0.05, 0) is 61.9 Å². The molecule has 0 heterocycles. The number of nitro benzene ring substituents is 1. The minimum Gasteiger partial charge on any atom is -0.346 e. The number of anilines is 1. The van der Waals surface area contributed by atoms with Gasteiger partial charge in [0.1, 0.15) is 5.82 Å². The third kappa shape index (κ3) is 5.11. The molecule has 2 N–H and O–H groups in total. The standard InChI is InChI=1S/C23H20FN3O4/c1-14-20(4-3-5-21(14)27(30)31)23(29)25-15(2)16-8-12-19(13-9-16)26-22(28)17-6-10-18(24)11-7-17/h3-13,15H,1-2H3,(H,25,29)(H,26,28). The normalized spacial score (nSPS) is 11.5. The predicted molar refractivity (Wildman–Crippen MR) is 115 cm³/mol. The lowest BCUT2D eigenvalue weighted by Crippen LogP contribution is -2.27. The number of hydrogen-bond donors (Lipinski definition) is 2. The molecule has 0 saturated carbocycles. The molecule has 0 aliphatic carbocycles. The van der Waals surface area contributed by atoms with Gasteiger partial charge >= 0.3 is 0 Å². The summed E-state index contributed by atoms with van der Waals surface area (Å²) in [4.78, 5) is 35.4. The lowest BCUT2D eigenvalue weighted by Gasteiger charge is -2.16. The van der Waals surface area contributed by atoms with Crippen LogP contribution in [0.15, 0.2) is 66.7 Å². The van der Waals surface area contributed by atoms with E-state index in [4.69, 9.17) is 0 Å². The number of nitrogens with one attached hydrogen (secondary N) is 2. The van der Waals surface area contributed by atoms with Crippen molar-refractivity contribution in [2.24, 2.45) is 0 Å². The summed E-state index contributed by atoms with van der Waals surface area (Å²) >= 11 is 0. The van der Waals surface area contributed by atoms with Gasteiger partial charge in [-0.1, -0.05) is 18.2 Å². The number of nitro groups is 1. The smallest absolute Gasteiger partial charge is 0.273 e. The molecule has 0 aliphatic rings. The Balaban J connectivity index is 1.66. The van der Waals surface area contributed by atoms with E-state index in [0.717, 1.165) is 5.56 Å². The van der Waals surface area contributed by atoms with Gasteiger partial charge < -0.3 is 10.6 Å². The molecule has 31 heavy (non-hydrogen) atoms. The topological polar surface area (TPSA) is 101 Å². The van der Waals surface area contributed by atoms with Crippen LogP contribution in [0.3, 0.4) is 0 Å². The van der Waals surface area contributed by atoms with E-state index in [-0.39, 0.29) is 23.2 Å². The summed E-state index contributed by atoms with van der Waals surface area (Å²) in [5.41, 5.74) is 2.10. The van der Waals surface area contributed by atoms with Crippen LogP contribution in [0.5, 0.6) is 0 Å². The first-order valence-electron chi connectivity index (χ1n) is 9.48. The van der Waals surface area contributed by atoms with Crippen LogP contribution < -0.4 is 10.6 Å². The third-order valence-corrected chi connectivity index (χ3v) is 4.87. The van der Waals surface area contributed by atoms with Crippen molar-refractivity contribution in [3.05, 3.63) is 105 Å². The van der Waals surface area contributed by atoms with Crippen molar-refractivity contribution in [1.82, 2.24) is 5.32 Å². The molecule has 1 atom stereocenters. The van der Waals surface area contributed by atoms with Crippen molar-refractivity contribution >= 4 is 23.2 Å². The Morgan fingerprint density at radius 1 is 0.968 bits per heavy atom. The molecule has 0 fully saturated rings. The van der Waals surface area contributed by atoms with Crippen LogP contribution in [-0.4, -0.2) is 16.7 Å². The number of hydrogen-bond acceptors (Lipinski definition) is 4. The van der Waals surface area contributed by atoms with Crippen LogP contribution >= 0.6 is 0 Å². The summed E-state index contributed by atoms with van der Waals surface area (Å²) in [6.45, 7) is 3.33. The van der Waals surface area contributed by atoms with Crippen LogP contribution in [0, 0.1) is 22.9 Å². The fraction of sp³-hybridized carbons (Fsp3) is 0.130. The molecule has 0 saturated heterocycles. The molecule has 8 heteroatoms. The predicted octanol–water partition coefficient (Wildman–Crippen LogP) is 4.79. The molecular formula is C23H20FN3O4. The highest BCUT2D eigenvalue weighted by Gasteiger charge is 2.19. The van der Waals surface area contributed by atoms with E-state index in [1.54, 1.807) is 37.3 Å². The van der Waals surface area contributed by atoms with Gasteiger partial charge in [0.25, 0.3) is 17.5 Å². The van der Waals surface area contributed by atoms with Gasteiger partial charge in [0.05, 0.1) is 11.0 Å². The highest BCUT2D eigenvalue weighted by molar-refractivity contribution is 6.04. The Hall–Kier alpha value is -4.07. The lowest BCUT2D eigenvalue weighted by atomic mass is 10.0. The molecule has 0 radical (unpaired) electrons. The monoisotopic (exact) mass is 421 g/mol. The van der Waals surface area contributed by atoms with E-state index in [9.17, 15) is 24.1 Å². The Kier molecular flexibility index (Phi) is 6.40. The molecule has 1 unspecified atom stereocenters. The van der Waals surface area contributed by atoms with Gasteiger partial charge in [0.2, 0.25) is 0 Å². The maximum atomic E-state index is 13.0. The first-order valence-corrected chi connectivity index (χ1v) is 9.48. The maximum Gasteiger partial charge on any atom is 0.273 e. The van der Waals surface area contributed by atoms with Gasteiger partial charge in [0, 0.05) is 28.4 Å². The molecule has 3 aromatic carbocycles. The SMILES string of the molecule is Cc1c(C(=O)NC(C)c2ccc(NC(=O)c3ccc(F)cc3)cc2)cccc1[N+](=O)[O-]. The number of nitrogens with zero attached hydrogens (tertiary/aromatic N) is 1. The van der Waals surface area contributed by atoms with Crippen LogP contribution in [-0.2, 0) is 0 Å². The van der Waals surface area contributed by atoms with Gasteiger partial charge in [-0.3, -0.25) is 19.7 Å². The fourth-order valence-electron chi connectivity index (χ4n) is 3.08. The zero-order chi connectivity index (χ0) is 22.5. The van der Waals surface area contributed by atoms with E-state index < -0.39 is 16.6 Å². The summed E-state index contributed by atoms with van der Waals surface area (Å²) < 4.78 is 13.0. The number of carbonyl (C=O) groups excluding carboxylic acids is 2. The molecule has 158 valence electrons. The number of amides is 2. The Morgan fingerprint density at radius 3 is 2.23 bits per heavy atom. The second-order valence-electron chi connectivity index (χ2n) is 6.98. The molecule has 2 amide bonds. The van der Waals surface area contributed by atoms with Crippen molar-refractivity contribution in [2.75, 3.05) is 5.32 Å². The summed E-state index contributed by atoms with van der Waals surface area (Å²) in [5.74, 6) is -1.20. The number of carbonyl (C=O) groups is 2. The maximum absolute atomic E-state index is 13.0. The first-order chi connectivity index (χ1) is 14.8. The van der Waals surface area contributed by atoms with E-state index in [2.05, 4.69) is 10.6 Å². The van der Waals surface area contributed by atoms with Crippen LogP contribution in [0.2, 0.25) is 0 Å². The number of rotatable bonds is 6. The van der Waals surface area contributed by atoms with Crippen molar-refractivity contribution in [3.63, 3.8) is 0 Å². The van der Waals surface area contributed by atoms with E-state index in [0.29, 0.717) is 16.8 Å². The quantitative estimate of drug-likeness (QED) is 0.441. The second-order valence-corrected chi connectivity index (χ2v) is 6.98. The van der Waals surface area contributed by atoms with E-state index >= 15 is 0 Å². The average Bonchev–Trinajstić information content (AvgIpc) is 2.74. The largest absolute Gasteiger partial charge is 0.346 e. The summed E-state index contributed by atoms with van der Waals surface area (Å²) in [5, 5.41) is 16.6. The minimum atomic E-state index is -0.519. The van der Waals surface area contributed by atoms with Crippen LogP contribution in [0.1, 0.15) is 44.8 Å². The number of benzene rings is 3. The van der Waals surface area contributed by atoms with Gasteiger partial charge in [0.15, 0.2) is 0 Å². The Morgan fingerprint density at radius 2 is 1.61 bits per heavy atom. The second kappa shape index (κ2) is 9.17. The van der Waals surface area contributed by atoms with Gasteiger partial charge in [-0.25, -0.2) is 4.39 Å². The molecule has 3 rings (SSSR count). The molecule has 3 aromatic rings. The molecule has 7 nitrogen and oxygen atoms in total. The minimum absolute atomic E-state index is 0.110. The zero-order valence-corrected chi connectivity index (χ0v) is 16.9. The Bertz CT molecular complexity index is 1130. The summed E-state index contributed by atoms with van der Waals surface area (Å²) in [6, 6.07) is 16.1. The summed E-state index contributed by atoms with van der Waals surface area (Å²) in [7, 11) is 0. The van der Waals surface area contributed by atoms with Crippen molar-refractivity contribution in [3.8, 4) is 0 Å². The highest BCUT2D eigenvalue weighted by atomic mass is 19.1. The lowest BCUT2D eigenvalue weighted by molar-refractivity contribution is -0.385. The van der Waals surface area contributed by atoms with Crippen molar-refractivity contribution < 1.29 is 18.9 Å². The van der Waals surface area contributed by atoms with Gasteiger partial charge in [-0.15, -0.1) is 0 Å². The highest BCUT2D eigenvalue weighted by Crippen LogP contribution is 2.22. The molecule has 0 spiro atoms. The van der Waals surface area contributed by atoms with Gasteiger partial charge in [-0.2, -0.15) is 0 Å². The zero-order valence-electron chi connectivity index (χ0n) is 16.9. The average molecular weight is 421 g/mol. The first kappa shape index (κ1) is 21.6.